The van der Waals surface area contributed by atoms with Gasteiger partial charge >= 0.3 is 5.97 Å². The van der Waals surface area contributed by atoms with E-state index in [1.165, 1.54) is 7.11 Å². The summed E-state index contributed by atoms with van der Waals surface area (Å²) < 4.78 is 10.9. The largest absolute Gasteiger partial charge is 0.496 e. The van der Waals surface area contributed by atoms with Gasteiger partial charge in [-0.05, 0) is 43.5 Å². The molecule has 7 heteroatoms. The highest BCUT2D eigenvalue weighted by Gasteiger charge is 2.40. The van der Waals surface area contributed by atoms with Gasteiger partial charge in [-0.25, -0.2) is 4.79 Å². The molecular formula is C23H23N3O4. The van der Waals surface area contributed by atoms with Gasteiger partial charge in [0.25, 0.3) is 0 Å². The fourth-order valence-electron chi connectivity index (χ4n) is 3.93. The number of methoxy groups -OCH3 is 1. The Bertz CT molecular complexity index is 1050. The van der Waals surface area contributed by atoms with Crippen LogP contribution in [-0.4, -0.2) is 30.9 Å². The van der Waals surface area contributed by atoms with Crippen LogP contribution in [0.4, 0.5) is 0 Å². The zero-order valence-corrected chi connectivity index (χ0v) is 17.2. The van der Waals surface area contributed by atoms with E-state index in [4.69, 9.17) is 14.7 Å². The van der Waals surface area contributed by atoms with Gasteiger partial charge in [-0.3, -0.25) is 0 Å². The van der Waals surface area contributed by atoms with E-state index >= 15 is 0 Å². The molecule has 1 aliphatic heterocycles. The molecule has 154 valence electrons. The number of nitrogens with zero attached hydrogens (tertiary/aromatic N) is 2. The summed E-state index contributed by atoms with van der Waals surface area (Å²) in [5, 5.41) is 32.1. The van der Waals surface area contributed by atoms with Crippen LogP contribution in [0.15, 0.2) is 52.4 Å². The Kier molecular flexibility index (Phi) is 6.25. The first-order valence-electron chi connectivity index (χ1n) is 9.62. The second kappa shape index (κ2) is 8.86. The number of carbonyl (C=O) groups is 1. The number of aliphatic hydroxyl groups is 1. The number of nitrogens with one attached hydrogen (secondary N) is 1. The third-order valence-electron chi connectivity index (χ3n) is 5.35. The summed E-state index contributed by atoms with van der Waals surface area (Å²) in [5.74, 6) is -0.725. The number of aliphatic hydroxyl groups excluding tert-OH is 1. The van der Waals surface area contributed by atoms with Gasteiger partial charge in [0.15, 0.2) is 0 Å². The number of carbonyl (C=O) groups excluding carboxylic acids is 1. The van der Waals surface area contributed by atoms with Gasteiger partial charge in [0.05, 0.1) is 42.9 Å². The molecule has 1 aromatic carbocycles. The number of allylic oxidation sites excluding steroid dienone is 2. The lowest BCUT2D eigenvalue weighted by atomic mass is 9.74. The van der Waals surface area contributed by atoms with E-state index in [0.29, 0.717) is 40.1 Å². The minimum atomic E-state index is -0.795. The molecule has 0 fully saturated rings. The molecule has 0 radical (unpaired) electrons. The van der Waals surface area contributed by atoms with Gasteiger partial charge in [-0.2, -0.15) is 10.5 Å². The third-order valence-corrected chi connectivity index (χ3v) is 5.35. The van der Waals surface area contributed by atoms with Crippen molar-refractivity contribution in [3.8, 4) is 17.9 Å². The number of rotatable bonds is 5. The lowest BCUT2D eigenvalue weighted by Gasteiger charge is -2.37. The molecule has 0 spiro atoms. The molecular weight excluding hydrogens is 382 g/mol. The van der Waals surface area contributed by atoms with Crippen LogP contribution in [0.25, 0.3) is 0 Å². The van der Waals surface area contributed by atoms with E-state index in [1.54, 1.807) is 25.1 Å². The second-order valence-electron chi connectivity index (χ2n) is 7.18. The van der Waals surface area contributed by atoms with E-state index in [0.717, 1.165) is 11.3 Å². The third kappa shape index (κ3) is 3.80. The SMILES string of the molecule is COc1cc(C#N)ccc1C1C(C(=O)OCCC#N)=C(C)NC2=C1C(O)CC=C2C. The Morgan fingerprint density at radius 3 is 2.77 bits per heavy atom. The fourth-order valence-corrected chi connectivity index (χ4v) is 3.93. The van der Waals surface area contributed by atoms with Crippen molar-refractivity contribution in [2.24, 2.45) is 0 Å². The van der Waals surface area contributed by atoms with Crippen LogP contribution in [0, 0.1) is 22.7 Å². The number of dihydropyridines is 1. The van der Waals surface area contributed by atoms with Crippen molar-refractivity contribution < 1.29 is 19.4 Å². The monoisotopic (exact) mass is 405 g/mol. The first-order valence-corrected chi connectivity index (χ1v) is 9.62. The predicted octanol–water partition coefficient (Wildman–Crippen LogP) is 2.95. The molecule has 2 unspecified atom stereocenters. The number of nitriles is 2. The zero-order valence-electron chi connectivity index (χ0n) is 17.2. The van der Waals surface area contributed by atoms with E-state index < -0.39 is 18.0 Å². The molecule has 7 nitrogen and oxygen atoms in total. The van der Waals surface area contributed by atoms with E-state index in [2.05, 4.69) is 11.4 Å². The number of hydrogen-bond acceptors (Lipinski definition) is 7. The lowest BCUT2D eigenvalue weighted by molar-refractivity contribution is -0.139. The van der Waals surface area contributed by atoms with Crippen LogP contribution in [-0.2, 0) is 9.53 Å². The van der Waals surface area contributed by atoms with Crippen LogP contribution in [0.5, 0.6) is 5.75 Å². The highest BCUT2D eigenvalue weighted by atomic mass is 16.5. The van der Waals surface area contributed by atoms with Gasteiger partial charge in [-0.15, -0.1) is 0 Å². The lowest BCUT2D eigenvalue weighted by Crippen LogP contribution is -2.36. The van der Waals surface area contributed by atoms with Crippen LogP contribution < -0.4 is 10.1 Å². The molecule has 0 bridgehead atoms. The highest BCUT2D eigenvalue weighted by Crippen LogP contribution is 2.46. The Morgan fingerprint density at radius 1 is 1.33 bits per heavy atom. The van der Waals surface area contributed by atoms with Gasteiger partial charge in [0.2, 0.25) is 0 Å². The summed E-state index contributed by atoms with van der Waals surface area (Å²) in [5.41, 5.74) is 4.46. The normalized spacial score (nSPS) is 20.4. The second-order valence-corrected chi connectivity index (χ2v) is 7.18. The molecule has 2 N–H and O–H groups in total. The van der Waals surface area contributed by atoms with Crippen LogP contribution >= 0.6 is 0 Å². The van der Waals surface area contributed by atoms with E-state index in [-0.39, 0.29) is 13.0 Å². The summed E-state index contributed by atoms with van der Waals surface area (Å²) in [6.45, 7) is 3.71. The summed E-state index contributed by atoms with van der Waals surface area (Å²) >= 11 is 0. The van der Waals surface area contributed by atoms with Crippen molar-refractivity contribution in [3.05, 3.63) is 63.5 Å². The Morgan fingerprint density at radius 2 is 2.10 bits per heavy atom. The smallest absolute Gasteiger partial charge is 0.336 e. The van der Waals surface area contributed by atoms with Crippen molar-refractivity contribution in [2.75, 3.05) is 13.7 Å². The van der Waals surface area contributed by atoms with Crippen molar-refractivity contribution in [1.82, 2.24) is 5.32 Å². The molecule has 3 rings (SSSR count). The van der Waals surface area contributed by atoms with Crippen molar-refractivity contribution >= 4 is 5.97 Å². The van der Waals surface area contributed by atoms with Gasteiger partial charge < -0.3 is 19.9 Å². The van der Waals surface area contributed by atoms with Crippen molar-refractivity contribution in [3.63, 3.8) is 0 Å². The maximum atomic E-state index is 13.0. The Hall–Kier alpha value is -3.55. The molecule has 0 saturated carbocycles. The average molecular weight is 405 g/mol. The average Bonchev–Trinajstić information content (AvgIpc) is 2.75. The number of benzene rings is 1. The topological polar surface area (TPSA) is 115 Å². The first-order chi connectivity index (χ1) is 14.4. The summed E-state index contributed by atoms with van der Waals surface area (Å²) in [4.78, 5) is 13.0. The summed E-state index contributed by atoms with van der Waals surface area (Å²) in [6, 6.07) is 9.05. The summed E-state index contributed by atoms with van der Waals surface area (Å²) in [7, 11) is 1.50. The first kappa shape index (κ1) is 21.2. The number of hydrogen-bond donors (Lipinski definition) is 2. The Labute approximate surface area is 175 Å². The zero-order chi connectivity index (χ0) is 21.8. The van der Waals surface area contributed by atoms with Gasteiger partial charge in [0.1, 0.15) is 12.4 Å². The van der Waals surface area contributed by atoms with Crippen molar-refractivity contribution in [1.29, 1.82) is 10.5 Å². The molecule has 0 saturated heterocycles. The quantitative estimate of drug-likeness (QED) is 0.571. The molecule has 1 aliphatic carbocycles. The molecule has 0 amide bonds. The van der Waals surface area contributed by atoms with Gasteiger partial charge in [0, 0.05) is 22.9 Å². The minimum absolute atomic E-state index is 0.0171. The maximum Gasteiger partial charge on any atom is 0.336 e. The molecule has 0 aromatic heterocycles. The van der Waals surface area contributed by atoms with E-state index in [1.807, 2.05) is 19.1 Å². The Balaban J connectivity index is 2.19. The molecule has 1 aromatic rings. The van der Waals surface area contributed by atoms with Crippen LogP contribution in [0.1, 0.15) is 43.7 Å². The van der Waals surface area contributed by atoms with Crippen molar-refractivity contribution in [2.45, 2.75) is 38.7 Å². The van der Waals surface area contributed by atoms with Crippen LogP contribution in [0.3, 0.4) is 0 Å². The van der Waals surface area contributed by atoms with Crippen LogP contribution in [0.2, 0.25) is 0 Å². The standard InChI is InChI=1S/C23H23N3O4/c1-13-5-8-17(27)21-20(16-7-6-15(12-25)11-18(16)29-3)19(14(2)26-22(13)21)23(28)30-10-4-9-24/h5-7,11,17,20,26-27H,4,8,10H2,1-3H3. The number of ether oxygens (including phenoxy) is 2. The van der Waals surface area contributed by atoms with Gasteiger partial charge in [-0.1, -0.05) is 12.1 Å². The summed E-state index contributed by atoms with van der Waals surface area (Å²) in [6.07, 6.45) is 1.68. The molecule has 1 heterocycles. The molecule has 30 heavy (non-hydrogen) atoms. The highest BCUT2D eigenvalue weighted by molar-refractivity contribution is 5.93. The molecule has 2 atom stereocenters. The fraction of sp³-hybridized carbons (Fsp3) is 0.348. The molecule has 2 aliphatic rings. The predicted molar refractivity (Wildman–Crippen MR) is 109 cm³/mol. The minimum Gasteiger partial charge on any atom is -0.496 e. The maximum absolute atomic E-state index is 13.0. The number of esters is 1. The van der Waals surface area contributed by atoms with E-state index in [9.17, 15) is 15.2 Å².